The quantitative estimate of drug-likeness (QED) is 0.274. The van der Waals surface area contributed by atoms with Gasteiger partial charge in [0.1, 0.15) is 11.6 Å². The van der Waals surface area contributed by atoms with Crippen molar-refractivity contribution in [1.29, 1.82) is 5.26 Å². The Morgan fingerprint density at radius 1 is 1.33 bits per heavy atom. The van der Waals surface area contributed by atoms with Crippen LogP contribution < -0.4 is 10.6 Å². The summed E-state index contributed by atoms with van der Waals surface area (Å²) >= 11 is 0. The Balaban J connectivity index is 2.62. The van der Waals surface area contributed by atoms with Gasteiger partial charge < -0.3 is 15.5 Å². The predicted octanol–water partition coefficient (Wildman–Crippen LogP) is 0.821. The molecule has 130 valence electrons. The van der Waals surface area contributed by atoms with Crippen LogP contribution in [0.2, 0.25) is 0 Å². The topological polar surface area (TPSA) is 123 Å². The molecule has 0 unspecified atom stereocenters. The number of hydrogen-bond donors (Lipinski definition) is 3. The van der Waals surface area contributed by atoms with E-state index in [4.69, 9.17) is 9.81 Å². The molecular formula is C15H20N4O4S. The van der Waals surface area contributed by atoms with Crippen LogP contribution in [0.4, 0.5) is 5.69 Å². The van der Waals surface area contributed by atoms with E-state index in [2.05, 4.69) is 10.6 Å². The Kier molecular flexibility index (Phi) is 7.38. The first kappa shape index (κ1) is 19.6. The normalized spacial score (nSPS) is 11.9. The molecule has 1 rings (SSSR count). The van der Waals surface area contributed by atoms with Crippen molar-refractivity contribution >= 4 is 21.7 Å². The molecule has 0 spiro atoms. The molecule has 1 amide bonds. The second-order valence-corrected chi connectivity index (χ2v) is 6.66. The average Bonchev–Trinajstić information content (AvgIpc) is 2.50. The third-order valence-electron chi connectivity index (χ3n) is 2.95. The fourth-order valence-electron chi connectivity index (χ4n) is 1.73. The van der Waals surface area contributed by atoms with Gasteiger partial charge >= 0.3 is 0 Å². The largest absolute Gasteiger partial charge is 0.390 e. The number of amides is 1. The lowest BCUT2D eigenvalue weighted by atomic mass is 10.2. The minimum atomic E-state index is -4.28. The zero-order chi connectivity index (χ0) is 18.2. The maximum atomic E-state index is 12.0. The van der Waals surface area contributed by atoms with Crippen molar-refractivity contribution in [3.63, 3.8) is 0 Å². The van der Waals surface area contributed by atoms with Crippen molar-refractivity contribution in [2.45, 2.75) is 11.3 Å². The lowest BCUT2D eigenvalue weighted by Crippen LogP contribution is -2.20. The number of anilines is 1. The van der Waals surface area contributed by atoms with Gasteiger partial charge in [-0.15, -0.1) is 0 Å². The average molecular weight is 352 g/mol. The molecule has 1 aromatic carbocycles. The highest BCUT2D eigenvalue weighted by Crippen LogP contribution is 2.14. The Bertz CT molecular complexity index is 734. The number of benzene rings is 1. The van der Waals surface area contributed by atoms with Crippen LogP contribution in [0.1, 0.15) is 6.42 Å². The number of nitriles is 1. The molecule has 3 N–H and O–H groups in total. The van der Waals surface area contributed by atoms with Crippen LogP contribution in [0.5, 0.6) is 0 Å². The van der Waals surface area contributed by atoms with Gasteiger partial charge in [0.25, 0.3) is 16.0 Å². The molecule has 8 nitrogen and oxygen atoms in total. The number of carbonyl (C=O) groups excluding carboxylic acids is 1. The zero-order valence-electron chi connectivity index (χ0n) is 13.5. The van der Waals surface area contributed by atoms with E-state index >= 15 is 0 Å². The Morgan fingerprint density at radius 3 is 2.46 bits per heavy atom. The number of nitrogens with zero attached hydrogens (tertiary/aromatic N) is 2. The maximum absolute atomic E-state index is 12.0. The van der Waals surface area contributed by atoms with Crippen molar-refractivity contribution in [3.05, 3.63) is 36.0 Å². The molecule has 0 bridgehead atoms. The summed E-state index contributed by atoms with van der Waals surface area (Å²) in [5.41, 5.74) is 0.208. The summed E-state index contributed by atoms with van der Waals surface area (Å²) in [4.78, 5) is 13.7. The van der Waals surface area contributed by atoms with Gasteiger partial charge in [0.05, 0.1) is 4.90 Å². The maximum Gasteiger partial charge on any atom is 0.294 e. The zero-order valence-corrected chi connectivity index (χ0v) is 14.3. The Hall–Kier alpha value is -2.41. The minimum absolute atomic E-state index is 0.0984. The molecule has 9 heteroatoms. The van der Waals surface area contributed by atoms with Crippen LogP contribution in [0.3, 0.4) is 0 Å². The van der Waals surface area contributed by atoms with Gasteiger partial charge in [-0.2, -0.15) is 13.7 Å². The van der Waals surface area contributed by atoms with Crippen LogP contribution in [0.25, 0.3) is 0 Å². The Labute approximate surface area is 141 Å². The lowest BCUT2D eigenvalue weighted by Gasteiger charge is -2.09. The summed E-state index contributed by atoms with van der Waals surface area (Å²) in [6.45, 7) is 1.51. The van der Waals surface area contributed by atoms with Crippen molar-refractivity contribution in [3.8, 4) is 6.07 Å². The molecule has 0 aliphatic carbocycles. The van der Waals surface area contributed by atoms with Crippen LogP contribution >= 0.6 is 0 Å². The van der Waals surface area contributed by atoms with E-state index in [9.17, 15) is 13.2 Å². The van der Waals surface area contributed by atoms with E-state index < -0.39 is 16.0 Å². The van der Waals surface area contributed by atoms with Gasteiger partial charge in [0, 0.05) is 18.4 Å². The summed E-state index contributed by atoms with van der Waals surface area (Å²) in [5, 5.41) is 14.4. The number of nitrogens with one attached hydrogen (secondary N) is 2. The van der Waals surface area contributed by atoms with Crippen LogP contribution in [0.15, 0.2) is 40.9 Å². The van der Waals surface area contributed by atoms with Crippen molar-refractivity contribution in [2.75, 3.05) is 32.5 Å². The van der Waals surface area contributed by atoms with E-state index in [1.807, 2.05) is 19.0 Å². The van der Waals surface area contributed by atoms with Gasteiger partial charge in [0.2, 0.25) is 0 Å². The highest BCUT2D eigenvalue weighted by atomic mass is 32.2. The molecule has 0 atom stereocenters. The van der Waals surface area contributed by atoms with Crippen molar-refractivity contribution < 1.29 is 17.8 Å². The van der Waals surface area contributed by atoms with Gasteiger partial charge in [-0.3, -0.25) is 9.35 Å². The third kappa shape index (κ3) is 6.78. The summed E-state index contributed by atoms with van der Waals surface area (Å²) < 4.78 is 30.8. The molecule has 1 aromatic rings. The van der Waals surface area contributed by atoms with E-state index in [-0.39, 0.29) is 10.5 Å². The highest BCUT2D eigenvalue weighted by Gasteiger charge is 2.11. The molecule has 0 heterocycles. The van der Waals surface area contributed by atoms with Gasteiger partial charge in [-0.05, 0) is 51.3 Å². The number of hydrogen-bond acceptors (Lipinski definition) is 6. The van der Waals surface area contributed by atoms with Gasteiger partial charge in [-0.1, -0.05) is 0 Å². The van der Waals surface area contributed by atoms with E-state index in [1.165, 1.54) is 18.3 Å². The third-order valence-corrected chi connectivity index (χ3v) is 3.82. The predicted molar refractivity (Wildman–Crippen MR) is 89.8 cm³/mol. The molecule has 0 radical (unpaired) electrons. The first-order chi connectivity index (χ1) is 11.2. The van der Waals surface area contributed by atoms with Gasteiger partial charge in [-0.25, -0.2) is 0 Å². The van der Waals surface area contributed by atoms with E-state index in [1.54, 1.807) is 6.07 Å². The van der Waals surface area contributed by atoms with Crippen LogP contribution in [-0.4, -0.2) is 51.0 Å². The number of carbonyl (C=O) groups is 1. The van der Waals surface area contributed by atoms with Crippen LogP contribution in [0, 0.1) is 11.3 Å². The molecule has 24 heavy (non-hydrogen) atoms. The second-order valence-electron chi connectivity index (χ2n) is 5.23. The Morgan fingerprint density at radius 2 is 1.96 bits per heavy atom. The van der Waals surface area contributed by atoms with Crippen molar-refractivity contribution in [1.82, 2.24) is 10.2 Å². The van der Waals surface area contributed by atoms with Crippen molar-refractivity contribution in [2.24, 2.45) is 0 Å². The fourth-order valence-corrected chi connectivity index (χ4v) is 2.21. The minimum Gasteiger partial charge on any atom is -0.390 e. The van der Waals surface area contributed by atoms with E-state index in [0.717, 1.165) is 25.1 Å². The lowest BCUT2D eigenvalue weighted by molar-refractivity contribution is -0.112. The summed E-state index contributed by atoms with van der Waals surface area (Å²) in [6, 6.07) is 6.74. The molecule has 0 fully saturated rings. The summed E-state index contributed by atoms with van der Waals surface area (Å²) in [6.07, 6.45) is 2.21. The molecule has 0 aliphatic heterocycles. The molecule has 0 aromatic heterocycles. The molecule has 0 saturated carbocycles. The molecule has 0 aliphatic rings. The standard InChI is InChI=1S/C15H20N4O4S/c1-19(2)9-3-8-17-11-12(10-16)15(20)18-13-4-6-14(7-5-13)24(21,22)23/h4-7,11,17H,3,8-9H2,1-2H3,(H,18,20)(H,21,22,23)/b12-11-. The monoisotopic (exact) mass is 352 g/mol. The SMILES string of the molecule is CN(C)CCCN/C=C(/C#N)C(=O)Nc1ccc(S(=O)(=O)O)cc1. The molecular weight excluding hydrogens is 332 g/mol. The van der Waals surface area contributed by atoms with E-state index in [0.29, 0.717) is 12.2 Å². The fraction of sp³-hybridized carbons (Fsp3) is 0.333. The highest BCUT2D eigenvalue weighted by molar-refractivity contribution is 7.85. The number of rotatable bonds is 8. The smallest absolute Gasteiger partial charge is 0.294 e. The molecule has 0 saturated heterocycles. The van der Waals surface area contributed by atoms with Crippen LogP contribution in [-0.2, 0) is 14.9 Å². The van der Waals surface area contributed by atoms with Gasteiger partial charge in [0.15, 0.2) is 0 Å². The first-order valence-electron chi connectivity index (χ1n) is 7.11. The second kappa shape index (κ2) is 9.02. The summed E-state index contributed by atoms with van der Waals surface area (Å²) in [5.74, 6) is -0.614. The summed E-state index contributed by atoms with van der Waals surface area (Å²) in [7, 11) is -0.371. The first-order valence-corrected chi connectivity index (χ1v) is 8.55.